The molecule has 2 rings (SSSR count). The van der Waals surface area contributed by atoms with Crippen molar-refractivity contribution >= 4 is 11.5 Å². The summed E-state index contributed by atoms with van der Waals surface area (Å²) in [5, 5.41) is 2.67. The van der Waals surface area contributed by atoms with Crippen molar-refractivity contribution in [2.75, 3.05) is 11.1 Å². The molecule has 112 valence electrons. The molecule has 4 N–H and O–H groups in total. The smallest absolute Gasteiger partial charge is 0.330 e. The molecule has 0 atom stereocenters. The normalized spacial score (nSPS) is 10.6. The van der Waals surface area contributed by atoms with Gasteiger partial charge in [0.1, 0.15) is 23.1 Å². The molecule has 1 aromatic heterocycles. The number of nitrogens with one attached hydrogen (secondary N) is 2. The van der Waals surface area contributed by atoms with Gasteiger partial charge in [-0.15, -0.1) is 0 Å². The monoisotopic (exact) mass is 296 g/mol. The van der Waals surface area contributed by atoms with E-state index in [9.17, 15) is 18.4 Å². The molecule has 8 heteroatoms. The van der Waals surface area contributed by atoms with Gasteiger partial charge in [-0.25, -0.2) is 13.6 Å². The third-order valence-electron chi connectivity index (χ3n) is 3.03. The van der Waals surface area contributed by atoms with Crippen LogP contribution < -0.4 is 22.3 Å². The number of hydrogen-bond acceptors (Lipinski definition) is 4. The summed E-state index contributed by atoms with van der Waals surface area (Å²) in [6.07, 6.45) is 0. The van der Waals surface area contributed by atoms with Crippen molar-refractivity contribution in [3.8, 4) is 0 Å². The molecule has 0 bridgehead atoms. The van der Waals surface area contributed by atoms with Crippen LogP contribution >= 0.6 is 0 Å². The van der Waals surface area contributed by atoms with Crippen LogP contribution in [-0.4, -0.2) is 9.55 Å². The molecule has 0 radical (unpaired) electrons. The molecule has 1 aromatic carbocycles. The van der Waals surface area contributed by atoms with E-state index in [0.29, 0.717) is 0 Å². The number of nitrogens with two attached hydrogens (primary N) is 1. The van der Waals surface area contributed by atoms with Crippen LogP contribution in [0.2, 0.25) is 0 Å². The molecule has 0 unspecified atom stereocenters. The number of aromatic amines is 1. The van der Waals surface area contributed by atoms with Crippen LogP contribution in [-0.2, 0) is 13.1 Å². The fourth-order valence-electron chi connectivity index (χ4n) is 1.92. The summed E-state index contributed by atoms with van der Waals surface area (Å²) in [4.78, 5) is 25.3. The number of anilines is 2. The van der Waals surface area contributed by atoms with Crippen LogP contribution in [0.5, 0.6) is 0 Å². The highest BCUT2D eigenvalue weighted by Crippen LogP contribution is 2.14. The van der Waals surface area contributed by atoms with Crippen molar-refractivity contribution in [3.05, 3.63) is 56.2 Å². The summed E-state index contributed by atoms with van der Waals surface area (Å²) in [5.74, 6) is -1.46. The maximum absolute atomic E-state index is 13.5. The Hall–Kier alpha value is -2.64. The average molecular weight is 296 g/mol. The highest BCUT2D eigenvalue weighted by Gasteiger charge is 2.12. The Morgan fingerprint density at radius 1 is 1.33 bits per heavy atom. The van der Waals surface area contributed by atoms with Gasteiger partial charge < -0.3 is 11.1 Å². The standard InChI is InChI=1S/C13H14F2N4O2/c1-2-19-11(16)10(12(20)18-13(19)21)17-6-7-3-4-8(14)5-9(7)15/h3-5,17H,2,6,16H2,1H3,(H,18,20,21). The van der Waals surface area contributed by atoms with Crippen LogP contribution in [0.1, 0.15) is 12.5 Å². The van der Waals surface area contributed by atoms with Crippen LogP contribution in [0.25, 0.3) is 0 Å². The molecule has 2 aromatic rings. The summed E-state index contributed by atoms with van der Waals surface area (Å²) < 4.78 is 27.5. The van der Waals surface area contributed by atoms with E-state index in [4.69, 9.17) is 5.73 Å². The Bertz CT molecular complexity index is 783. The molecule has 0 amide bonds. The first-order valence-corrected chi connectivity index (χ1v) is 6.24. The minimum atomic E-state index is -0.735. The lowest BCUT2D eigenvalue weighted by Crippen LogP contribution is -2.33. The number of nitrogen functional groups attached to an aromatic ring is 1. The predicted molar refractivity (Wildman–Crippen MR) is 75.1 cm³/mol. The average Bonchev–Trinajstić information content (AvgIpc) is 2.40. The molecule has 0 aliphatic rings. The lowest BCUT2D eigenvalue weighted by molar-refractivity contribution is 0.574. The molecule has 21 heavy (non-hydrogen) atoms. The van der Waals surface area contributed by atoms with Gasteiger partial charge in [0.25, 0.3) is 5.56 Å². The van der Waals surface area contributed by atoms with Gasteiger partial charge in [-0.05, 0) is 13.0 Å². The predicted octanol–water partition coefficient (Wildman–Crippen LogP) is 1.03. The summed E-state index contributed by atoms with van der Waals surface area (Å²) in [7, 11) is 0. The van der Waals surface area contributed by atoms with E-state index >= 15 is 0 Å². The first kappa shape index (κ1) is 14.8. The van der Waals surface area contributed by atoms with Crippen molar-refractivity contribution in [1.82, 2.24) is 9.55 Å². The van der Waals surface area contributed by atoms with Crippen LogP contribution in [0, 0.1) is 11.6 Å². The van der Waals surface area contributed by atoms with E-state index in [1.807, 2.05) is 0 Å². The van der Waals surface area contributed by atoms with Gasteiger partial charge in [-0.1, -0.05) is 6.07 Å². The SMILES string of the molecule is CCn1c(N)c(NCc2ccc(F)cc2F)c(=O)[nH]c1=O. The highest BCUT2D eigenvalue weighted by atomic mass is 19.1. The number of benzene rings is 1. The minimum Gasteiger partial charge on any atom is -0.383 e. The molecule has 0 spiro atoms. The van der Waals surface area contributed by atoms with E-state index < -0.39 is 22.9 Å². The maximum Gasteiger partial charge on any atom is 0.330 e. The molecule has 0 saturated heterocycles. The third kappa shape index (κ3) is 2.93. The summed E-state index contributed by atoms with van der Waals surface area (Å²) in [5.41, 5.74) is 4.59. The Kier molecular flexibility index (Phi) is 4.06. The van der Waals surface area contributed by atoms with E-state index in [-0.39, 0.29) is 30.2 Å². The number of halogens is 2. The summed E-state index contributed by atoms with van der Waals surface area (Å²) in [6.45, 7) is 1.90. The fourth-order valence-corrected chi connectivity index (χ4v) is 1.92. The van der Waals surface area contributed by atoms with Gasteiger partial charge in [0.15, 0.2) is 0 Å². The number of nitrogens with zero attached hydrogens (tertiary/aromatic N) is 1. The second-order valence-corrected chi connectivity index (χ2v) is 4.35. The minimum absolute atomic E-state index is 0.0276. The van der Waals surface area contributed by atoms with Crippen LogP contribution in [0.15, 0.2) is 27.8 Å². The van der Waals surface area contributed by atoms with Gasteiger partial charge in [0, 0.05) is 24.7 Å². The molecule has 0 aliphatic heterocycles. The first-order valence-electron chi connectivity index (χ1n) is 6.24. The Morgan fingerprint density at radius 3 is 2.67 bits per heavy atom. The fraction of sp³-hybridized carbons (Fsp3) is 0.231. The largest absolute Gasteiger partial charge is 0.383 e. The van der Waals surface area contributed by atoms with E-state index in [0.717, 1.165) is 12.1 Å². The van der Waals surface area contributed by atoms with Crippen LogP contribution in [0.4, 0.5) is 20.3 Å². The number of aromatic nitrogens is 2. The lowest BCUT2D eigenvalue weighted by Gasteiger charge is -2.12. The van der Waals surface area contributed by atoms with E-state index in [1.54, 1.807) is 6.92 Å². The maximum atomic E-state index is 13.5. The molecule has 0 saturated carbocycles. The topological polar surface area (TPSA) is 92.9 Å². The quantitative estimate of drug-likeness (QED) is 0.785. The summed E-state index contributed by atoms with van der Waals surface area (Å²) in [6, 6.07) is 3.12. The van der Waals surface area contributed by atoms with Gasteiger partial charge >= 0.3 is 5.69 Å². The third-order valence-corrected chi connectivity index (χ3v) is 3.03. The van der Waals surface area contributed by atoms with Crippen LogP contribution in [0.3, 0.4) is 0 Å². The zero-order chi connectivity index (χ0) is 15.6. The number of rotatable bonds is 4. The van der Waals surface area contributed by atoms with E-state index in [2.05, 4.69) is 10.3 Å². The molecule has 0 aliphatic carbocycles. The summed E-state index contributed by atoms with van der Waals surface area (Å²) >= 11 is 0. The second kappa shape index (κ2) is 5.78. The zero-order valence-electron chi connectivity index (χ0n) is 11.2. The zero-order valence-corrected chi connectivity index (χ0v) is 11.2. The van der Waals surface area contributed by atoms with Crippen molar-refractivity contribution in [2.45, 2.75) is 20.0 Å². The molecule has 1 heterocycles. The Labute approximate surface area is 118 Å². The van der Waals surface area contributed by atoms with Gasteiger partial charge in [-0.2, -0.15) is 0 Å². The first-order chi connectivity index (χ1) is 9.93. The lowest BCUT2D eigenvalue weighted by atomic mass is 10.2. The Balaban J connectivity index is 2.32. The molecular formula is C13H14F2N4O2. The van der Waals surface area contributed by atoms with Crippen molar-refractivity contribution in [1.29, 1.82) is 0 Å². The number of hydrogen-bond donors (Lipinski definition) is 3. The molecular weight excluding hydrogens is 282 g/mol. The van der Waals surface area contributed by atoms with Gasteiger partial charge in [0.05, 0.1) is 0 Å². The van der Waals surface area contributed by atoms with Crippen molar-refractivity contribution in [3.63, 3.8) is 0 Å². The van der Waals surface area contributed by atoms with Gasteiger partial charge in [-0.3, -0.25) is 14.3 Å². The van der Waals surface area contributed by atoms with Gasteiger partial charge in [0.2, 0.25) is 0 Å². The molecule has 0 fully saturated rings. The van der Waals surface area contributed by atoms with Crippen molar-refractivity contribution < 1.29 is 8.78 Å². The molecule has 6 nitrogen and oxygen atoms in total. The number of H-pyrrole nitrogens is 1. The van der Waals surface area contributed by atoms with Crippen molar-refractivity contribution in [2.24, 2.45) is 0 Å². The highest BCUT2D eigenvalue weighted by molar-refractivity contribution is 5.60. The van der Waals surface area contributed by atoms with E-state index in [1.165, 1.54) is 10.6 Å². The second-order valence-electron chi connectivity index (χ2n) is 4.35. The Morgan fingerprint density at radius 2 is 2.05 bits per heavy atom.